The molecule has 2 heterocycles. The normalized spacial score (nSPS) is 22.4. The third-order valence-corrected chi connectivity index (χ3v) is 3.06. The van der Waals surface area contributed by atoms with Crippen molar-refractivity contribution >= 4 is 0 Å². The van der Waals surface area contributed by atoms with E-state index in [9.17, 15) is 13.2 Å². The first-order valence-electron chi connectivity index (χ1n) is 5.60. The second kappa shape index (κ2) is 4.12. The van der Waals surface area contributed by atoms with Gasteiger partial charge in [0.15, 0.2) is 12.0 Å². The minimum absolute atomic E-state index is 0.000784. The van der Waals surface area contributed by atoms with E-state index in [0.717, 1.165) is 5.56 Å². The Morgan fingerprint density at radius 1 is 1.22 bits per heavy atom. The fraction of sp³-hybridized carbons (Fsp3) is 0.333. The molecule has 0 saturated heterocycles. The molecule has 0 bridgehead atoms. The summed E-state index contributed by atoms with van der Waals surface area (Å²) in [5, 5.41) is 3.71. The lowest BCUT2D eigenvalue weighted by Crippen LogP contribution is -2.07. The Bertz CT molecular complexity index is 553. The molecule has 0 spiro atoms. The fourth-order valence-corrected chi connectivity index (χ4v) is 2.24. The number of nitrogens with zero attached hydrogens (tertiary/aromatic N) is 3. The molecule has 0 N–H and O–H groups in total. The second-order valence-electron chi connectivity index (χ2n) is 4.20. The molecule has 0 aliphatic carbocycles. The molecule has 0 amide bonds. The molecular weight excluding hydrogens is 243 g/mol. The lowest BCUT2D eigenvalue weighted by atomic mass is 10.0. The first-order valence-corrected chi connectivity index (χ1v) is 5.60. The summed E-state index contributed by atoms with van der Waals surface area (Å²) in [6.45, 7) is 0. The highest BCUT2D eigenvalue weighted by atomic mass is 19.3. The van der Waals surface area contributed by atoms with Crippen LogP contribution < -0.4 is 0 Å². The first kappa shape index (κ1) is 11.3. The first-order chi connectivity index (χ1) is 8.66. The van der Waals surface area contributed by atoms with Gasteiger partial charge in [-0.25, -0.2) is 22.8 Å². The van der Waals surface area contributed by atoms with Gasteiger partial charge < -0.3 is 0 Å². The van der Waals surface area contributed by atoms with E-state index in [-0.39, 0.29) is 18.3 Å². The van der Waals surface area contributed by atoms with Crippen molar-refractivity contribution < 1.29 is 13.2 Å². The van der Waals surface area contributed by atoms with Gasteiger partial charge in [-0.1, -0.05) is 30.3 Å². The molecule has 3 nitrogen and oxygen atoms in total. The molecule has 0 saturated carbocycles. The molecular formula is C12H10F3N3. The molecule has 18 heavy (non-hydrogen) atoms. The van der Waals surface area contributed by atoms with Gasteiger partial charge in [-0.3, -0.25) is 0 Å². The van der Waals surface area contributed by atoms with E-state index in [1.165, 1.54) is 4.68 Å². The Balaban J connectivity index is 2.03. The molecule has 0 fully saturated rings. The van der Waals surface area contributed by atoms with Crippen LogP contribution in [0.2, 0.25) is 0 Å². The van der Waals surface area contributed by atoms with Crippen LogP contribution in [-0.2, 0) is 0 Å². The number of fused-ring (bicyclic) bond motifs is 1. The van der Waals surface area contributed by atoms with Crippen LogP contribution in [0.25, 0.3) is 0 Å². The van der Waals surface area contributed by atoms with Gasteiger partial charge in [0.05, 0.1) is 6.04 Å². The molecule has 0 unspecified atom stereocenters. The van der Waals surface area contributed by atoms with Gasteiger partial charge in [0.2, 0.25) is 5.82 Å². The lowest BCUT2D eigenvalue weighted by Gasteiger charge is -2.11. The summed E-state index contributed by atoms with van der Waals surface area (Å²) < 4.78 is 40.1. The molecule has 1 aromatic heterocycles. The summed E-state index contributed by atoms with van der Waals surface area (Å²) in [6, 6.07) is 8.80. The van der Waals surface area contributed by atoms with Gasteiger partial charge >= 0.3 is 0 Å². The van der Waals surface area contributed by atoms with Crippen LogP contribution in [0, 0.1) is 0 Å². The predicted octanol–water partition coefficient (Wildman–Crippen LogP) is 3.22. The van der Waals surface area contributed by atoms with Crippen LogP contribution in [0.3, 0.4) is 0 Å². The highest BCUT2D eigenvalue weighted by Crippen LogP contribution is 2.39. The van der Waals surface area contributed by atoms with Gasteiger partial charge in [-0.2, -0.15) is 0 Å². The summed E-state index contributed by atoms with van der Waals surface area (Å²) in [5.74, 6) is -0.604. The van der Waals surface area contributed by atoms with Gasteiger partial charge in [-0.15, -0.1) is 5.10 Å². The Morgan fingerprint density at radius 3 is 2.61 bits per heavy atom. The largest absolute Gasteiger partial charge is 0.299 e. The molecule has 1 aromatic carbocycles. The van der Waals surface area contributed by atoms with Crippen molar-refractivity contribution in [2.75, 3.05) is 0 Å². The van der Waals surface area contributed by atoms with Crippen molar-refractivity contribution in [2.24, 2.45) is 0 Å². The maximum absolute atomic E-state index is 13.8. The zero-order chi connectivity index (χ0) is 12.7. The Morgan fingerprint density at radius 2 is 1.94 bits per heavy atom. The van der Waals surface area contributed by atoms with E-state index in [0.29, 0.717) is 0 Å². The number of rotatable bonds is 2. The van der Waals surface area contributed by atoms with Gasteiger partial charge in [-0.05, 0) is 5.56 Å². The third-order valence-electron chi connectivity index (χ3n) is 3.06. The number of hydrogen-bond donors (Lipinski definition) is 0. The van der Waals surface area contributed by atoms with Crippen molar-refractivity contribution in [2.45, 2.75) is 25.1 Å². The molecule has 3 rings (SSSR count). The zero-order valence-electron chi connectivity index (χ0n) is 9.30. The molecule has 2 atom stereocenters. The maximum atomic E-state index is 13.8. The van der Waals surface area contributed by atoms with Crippen LogP contribution in [-0.4, -0.2) is 14.8 Å². The monoisotopic (exact) mass is 253 g/mol. The Kier molecular flexibility index (Phi) is 2.57. The van der Waals surface area contributed by atoms with Crippen molar-refractivity contribution in [3.63, 3.8) is 0 Å². The quantitative estimate of drug-likeness (QED) is 0.822. The Labute approximate surface area is 101 Å². The van der Waals surface area contributed by atoms with Crippen LogP contribution >= 0.6 is 0 Å². The summed E-state index contributed by atoms with van der Waals surface area (Å²) in [4.78, 5) is 3.57. The number of alkyl halides is 3. The van der Waals surface area contributed by atoms with E-state index in [2.05, 4.69) is 10.1 Å². The van der Waals surface area contributed by atoms with E-state index < -0.39 is 18.4 Å². The average Bonchev–Trinajstić information content (AvgIpc) is 2.92. The van der Waals surface area contributed by atoms with E-state index >= 15 is 0 Å². The number of halogens is 3. The van der Waals surface area contributed by atoms with Crippen molar-refractivity contribution in [1.82, 2.24) is 14.8 Å². The summed E-state index contributed by atoms with van der Waals surface area (Å²) >= 11 is 0. The van der Waals surface area contributed by atoms with Crippen molar-refractivity contribution in [3.05, 3.63) is 47.5 Å². The standard InChI is InChI=1S/C12H10F3N3/c13-8-6-9(7-4-2-1-3-5-7)18-12(8)16-11(17-18)10(14)15/h1-5,8-10H,6H2/t8-,9-/m1/s1. The molecule has 6 heteroatoms. The summed E-state index contributed by atoms with van der Waals surface area (Å²) in [6.07, 6.45) is -3.91. The smallest absolute Gasteiger partial charge is 0.239 e. The number of hydrogen-bond acceptors (Lipinski definition) is 2. The zero-order valence-corrected chi connectivity index (χ0v) is 9.30. The number of benzene rings is 1. The van der Waals surface area contributed by atoms with Gasteiger partial charge in [0.25, 0.3) is 6.43 Å². The highest BCUT2D eigenvalue weighted by Gasteiger charge is 2.36. The van der Waals surface area contributed by atoms with Crippen LogP contribution in [0.5, 0.6) is 0 Å². The highest BCUT2D eigenvalue weighted by molar-refractivity contribution is 5.23. The van der Waals surface area contributed by atoms with Crippen LogP contribution in [0.15, 0.2) is 30.3 Å². The van der Waals surface area contributed by atoms with Crippen molar-refractivity contribution in [1.29, 1.82) is 0 Å². The van der Waals surface area contributed by atoms with Crippen LogP contribution in [0.1, 0.15) is 42.3 Å². The summed E-state index contributed by atoms with van der Waals surface area (Å²) in [5.41, 5.74) is 0.851. The lowest BCUT2D eigenvalue weighted by molar-refractivity contribution is 0.139. The SMILES string of the molecule is FC(F)c1nc2n(n1)[C@@H](c1ccccc1)C[C@H]2F. The van der Waals surface area contributed by atoms with Crippen LogP contribution in [0.4, 0.5) is 13.2 Å². The topological polar surface area (TPSA) is 30.7 Å². The number of aromatic nitrogens is 3. The van der Waals surface area contributed by atoms with E-state index in [1.807, 2.05) is 30.3 Å². The Hall–Kier alpha value is -1.85. The molecule has 94 valence electrons. The predicted molar refractivity (Wildman–Crippen MR) is 58.0 cm³/mol. The summed E-state index contributed by atoms with van der Waals surface area (Å²) in [7, 11) is 0. The second-order valence-corrected chi connectivity index (χ2v) is 4.20. The van der Waals surface area contributed by atoms with E-state index in [1.54, 1.807) is 0 Å². The molecule has 1 aliphatic rings. The molecule has 2 aromatic rings. The van der Waals surface area contributed by atoms with Crippen molar-refractivity contribution in [3.8, 4) is 0 Å². The minimum atomic E-state index is -2.77. The fourth-order valence-electron chi connectivity index (χ4n) is 2.24. The van der Waals surface area contributed by atoms with Gasteiger partial charge in [0, 0.05) is 6.42 Å². The average molecular weight is 253 g/mol. The maximum Gasteiger partial charge on any atom is 0.299 e. The minimum Gasteiger partial charge on any atom is -0.239 e. The van der Waals surface area contributed by atoms with E-state index in [4.69, 9.17) is 0 Å². The third kappa shape index (κ3) is 1.68. The molecule has 0 radical (unpaired) electrons. The molecule has 1 aliphatic heterocycles. The van der Waals surface area contributed by atoms with Gasteiger partial charge in [0.1, 0.15) is 0 Å².